The lowest BCUT2D eigenvalue weighted by Crippen LogP contribution is -2.47. The van der Waals surface area contributed by atoms with Crippen molar-refractivity contribution in [2.75, 3.05) is 39.9 Å². The summed E-state index contributed by atoms with van der Waals surface area (Å²) in [4.78, 5) is 22.4. The number of carbonyl (C=O) groups is 1. The van der Waals surface area contributed by atoms with E-state index in [0.717, 1.165) is 36.1 Å². The van der Waals surface area contributed by atoms with Crippen molar-refractivity contribution in [3.63, 3.8) is 0 Å². The highest BCUT2D eigenvalue weighted by atomic mass is 35.5. The minimum absolute atomic E-state index is 0.0149. The van der Waals surface area contributed by atoms with Crippen LogP contribution in [0, 0.1) is 5.92 Å². The number of guanidine groups is 1. The van der Waals surface area contributed by atoms with Gasteiger partial charge in [-0.25, -0.2) is 4.99 Å². The zero-order valence-corrected chi connectivity index (χ0v) is 19.5. The van der Waals surface area contributed by atoms with E-state index in [1.54, 1.807) is 4.90 Å². The van der Waals surface area contributed by atoms with Gasteiger partial charge in [-0.1, -0.05) is 41.9 Å². The highest BCUT2D eigenvalue weighted by molar-refractivity contribution is 6.30. The average Bonchev–Trinajstić information content (AvgIpc) is 3.60. The first-order valence-corrected chi connectivity index (χ1v) is 11.6. The topological polar surface area (TPSA) is 71.2 Å². The van der Waals surface area contributed by atoms with Crippen molar-refractivity contribution in [1.82, 2.24) is 9.80 Å². The molecule has 1 aliphatic carbocycles. The fourth-order valence-corrected chi connectivity index (χ4v) is 4.55. The number of carbonyl (C=O) groups excluding carboxylic acids is 1. The molecule has 2 aromatic rings. The lowest BCUT2D eigenvalue weighted by molar-refractivity contribution is -0.132. The summed E-state index contributed by atoms with van der Waals surface area (Å²) >= 11 is 6.20. The van der Waals surface area contributed by atoms with Gasteiger partial charge in [0.25, 0.3) is 5.91 Å². The summed E-state index contributed by atoms with van der Waals surface area (Å²) in [5.41, 5.74) is 8.32. The van der Waals surface area contributed by atoms with Crippen LogP contribution in [0.25, 0.3) is 11.1 Å². The number of hydrogen-bond donors (Lipinski definition) is 1. The molecule has 4 rings (SSSR count). The number of nitrogens with two attached hydrogens (primary N) is 1. The van der Waals surface area contributed by atoms with Gasteiger partial charge in [0.15, 0.2) is 11.5 Å². The molecule has 32 heavy (non-hydrogen) atoms. The zero-order chi connectivity index (χ0) is 22.7. The molecule has 0 bridgehead atoms. The second-order valence-corrected chi connectivity index (χ2v) is 9.00. The molecule has 0 spiro atoms. The van der Waals surface area contributed by atoms with Crippen molar-refractivity contribution in [2.24, 2.45) is 16.6 Å². The predicted molar refractivity (Wildman–Crippen MR) is 129 cm³/mol. The van der Waals surface area contributed by atoms with E-state index in [2.05, 4.69) is 11.0 Å². The summed E-state index contributed by atoms with van der Waals surface area (Å²) in [7, 11) is 2.02. The lowest BCUT2D eigenvalue weighted by atomic mass is 9.83. The van der Waals surface area contributed by atoms with E-state index < -0.39 is 5.54 Å². The Morgan fingerprint density at radius 3 is 2.59 bits per heavy atom. The van der Waals surface area contributed by atoms with E-state index in [1.165, 1.54) is 0 Å². The van der Waals surface area contributed by atoms with Gasteiger partial charge in [-0.2, -0.15) is 0 Å². The summed E-state index contributed by atoms with van der Waals surface area (Å²) in [6.45, 7) is 5.39. The Labute approximate surface area is 195 Å². The predicted octanol–water partition coefficient (Wildman–Crippen LogP) is 3.74. The minimum atomic E-state index is -0.928. The molecule has 1 saturated carbocycles. The van der Waals surface area contributed by atoms with Gasteiger partial charge in [-0.05, 0) is 67.6 Å². The van der Waals surface area contributed by atoms with E-state index >= 15 is 0 Å². The molecule has 1 aliphatic heterocycles. The smallest absolute Gasteiger partial charge is 0.262 e. The molecular formula is C25H31ClN4O2. The van der Waals surface area contributed by atoms with E-state index in [4.69, 9.17) is 27.1 Å². The minimum Gasteiger partial charge on any atom is -0.380 e. The van der Waals surface area contributed by atoms with Gasteiger partial charge >= 0.3 is 0 Å². The molecular weight excluding hydrogens is 424 g/mol. The normalized spacial score (nSPS) is 20.8. The maximum Gasteiger partial charge on any atom is 0.262 e. The average molecular weight is 455 g/mol. The number of aliphatic imine (C=N–C) groups is 1. The third-order valence-electron chi connectivity index (χ3n) is 6.29. The molecule has 1 unspecified atom stereocenters. The number of halogens is 1. The second-order valence-electron chi connectivity index (χ2n) is 8.56. The molecule has 0 saturated heterocycles. The number of nitrogens with zero attached hydrogens (tertiary/aromatic N) is 3. The molecule has 1 atom stereocenters. The largest absolute Gasteiger partial charge is 0.380 e. The lowest BCUT2D eigenvalue weighted by Gasteiger charge is -2.28. The van der Waals surface area contributed by atoms with Crippen LogP contribution in [-0.2, 0) is 15.1 Å². The number of ether oxygens (including phenoxy) is 1. The number of amides is 1. The molecule has 2 aromatic carbocycles. The second kappa shape index (κ2) is 9.61. The molecule has 1 fully saturated rings. The van der Waals surface area contributed by atoms with Crippen molar-refractivity contribution in [1.29, 1.82) is 0 Å². The van der Waals surface area contributed by atoms with Crippen molar-refractivity contribution in [3.05, 3.63) is 59.1 Å². The highest BCUT2D eigenvalue weighted by Gasteiger charge is 2.57. The Morgan fingerprint density at radius 2 is 1.91 bits per heavy atom. The first-order chi connectivity index (χ1) is 15.5. The molecule has 7 heteroatoms. The SMILES string of the molecule is CCOCCN(C)CCN1C(=O)C(c2cccc(-c3cccc(Cl)c3)c2)(C2CC2)N=C1N. The Bertz CT molecular complexity index is 1010. The summed E-state index contributed by atoms with van der Waals surface area (Å²) in [5.74, 6) is 0.482. The monoisotopic (exact) mass is 454 g/mol. The first kappa shape index (κ1) is 22.8. The highest BCUT2D eigenvalue weighted by Crippen LogP contribution is 2.52. The maximum atomic E-state index is 13.8. The van der Waals surface area contributed by atoms with Crippen molar-refractivity contribution < 1.29 is 9.53 Å². The number of rotatable bonds is 10. The fourth-order valence-electron chi connectivity index (χ4n) is 4.36. The Balaban J connectivity index is 1.57. The number of benzene rings is 2. The Hall–Kier alpha value is -2.41. The molecule has 2 N–H and O–H groups in total. The molecule has 170 valence electrons. The van der Waals surface area contributed by atoms with Crippen LogP contribution in [0.4, 0.5) is 0 Å². The zero-order valence-electron chi connectivity index (χ0n) is 18.8. The third-order valence-corrected chi connectivity index (χ3v) is 6.53. The summed E-state index contributed by atoms with van der Waals surface area (Å²) in [6.07, 6.45) is 1.96. The molecule has 2 aliphatic rings. The summed E-state index contributed by atoms with van der Waals surface area (Å²) in [6, 6.07) is 15.8. The van der Waals surface area contributed by atoms with Crippen LogP contribution in [0.5, 0.6) is 0 Å². The van der Waals surface area contributed by atoms with Gasteiger partial charge in [0.2, 0.25) is 0 Å². The van der Waals surface area contributed by atoms with E-state index in [0.29, 0.717) is 37.3 Å². The molecule has 0 radical (unpaired) electrons. The standard InChI is InChI=1S/C25H31ClN4O2/c1-3-32-15-14-29(2)12-13-30-23(31)25(20-10-11-20,28-24(30)27)21-8-4-6-18(16-21)19-7-5-9-22(26)17-19/h4-9,16-17,20H,3,10-15H2,1-2H3,(H2,27,28). The van der Waals surface area contributed by atoms with E-state index in [9.17, 15) is 4.79 Å². The van der Waals surface area contributed by atoms with Crippen LogP contribution in [0.3, 0.4) is 0 Å². The van der Waals surface area contributed by atoms with Crippen LogP contribution in [-0.4, -0.2) is 61.6 Å². The van der Waals surface area contributed by atoms with E-state index in [1.807, 2.05) is 56.4 Å². The van der Waals surface area contributed by atoms with Crippen molar-refractivity contribution in [3.8, 4) is 11.1 Å². The van der Waals surface area contributed by atoms with Crippen molar-refractivity contribution in [2.45, 2.75) is 25.3 Å². The van der Waals surface area contributed by atoms with Crippen LogP contribution >= 0.6 is 11.6 Å². The summed E-state index contributed by atoms with van der Waals surface area (Å²) in [5, 5.41) is 0.684. The van der Waals surface area contributed by atoms with Gasteiger partial charge in [0.05, 0.1) is 6.61 Å². The third kappa shape index (κ3) is 4.53. The quantitative estimate of drug-likeness (QED) is 0.555. The van der Waals surface area contributed by atoms with Crippen LogP contribution in [0.2, 0.25) is 5.02 Å². The molecule has 6 nitrogen and oxygen atoms in total. The van der Waals surface area contributed by atoms with Gasteiger partial charge in [0, 0.05) is 31.3 Å². The van der Waals surface area contributed by atoms with Crippen LogP contribution in [0.1, 0.15) is 25.3 Å². The van der Waals surface area contributed by atoms with Gasteiger partial charge < -0.3 is 15.4 Å². The van der Waals surface area contributed by atoms with Gasteiger partial charge in [-0.15, -0.1) is 0 Å². The van der Waals surface area contributed by atoms with Crippen LogP contribution in [0.15, 0.2) is 53.5 Å². The fraction of sp³-hybridized carbons (Fsp3) is 0.440. The van der Waals surface area contributed by atoms with Crippen LogP contribution < -0.4 is 5.73 Å². The first-order valence-electron chi connectivity index (χ1n) is 11.3. The summed E-state index contributed by atoms with van der Waals surface area (Å²) < 4.78 is 5.42. The van der Waals surface area contributed by atoms with E-state index in [-0.39, 0.29) is 11.8 Å². The number of hydrogen-bond acceptors (Lipinski definition) is 5. The van der Waals surface area contributed by atoms with Crippen molar-refractivity contribution >= 4 is 23.5 Å². The molecule has 1 amide bonds. The Kier molecular flexibility index (Phi) is 6.84. The maximum absolute atomic E-state index is 13.8. The molecule has 1 heterocycles. The Morgan fingerprint density at radius 1 is 1.19 bits per heavy atom. The van der Waals surface area contributed by atoms with Gasteiger partial charge in [-0.3, -0.25) is 9.69 Å². The molecule has 0 aromatic heterocycles. The van der Waals surface area contributed by atoms with Gasteiger partial charge in [0.1, 0.15) is 0 Å². The number of likely N-dealkylation sites (N-methyl/N-ethyl adjacent to an activating group) is 1.